The largest absolute Gasteiger partial charge is 0.481 e. The fraction of sp³-hybridized carbons (Fsp3) is 0.750. The molecule has 0 aromatic heterocycles. The van der Waals surface area contributed by atoms with E-state index in [2.05, 4.69) is 16.1 Å². The van der Waals surface area contributed by atoms with Crippen LogP contribution in [0.15, 0.2) is 10.2 Å². The maximum atomic E-state index is 12.6. The number of nitrogens with zero attached hydrogens (tertiary/aromatic N) is 3. The summed E-state index contributed by atoms with van der Waals surface area (Å²) in [6.07, 6.45) is 8.83. The van der Waals surface area contributed by atoms with Gasteiger partial charge in [0.05, 0.1) is 6.42 Å². The first-order chi connectivity index (χ1) is 11.1. The van der Waals surface area contributed by atoms with Crippen LogP contribution in [0.3, 0.4) is 0 Å². The van der Waals surface area contributed by atoms with E-state index in [1.807, 2.05) is 0 Å². The van der Waals surface area contributed by atoms with Crippen molar-refractivity contribution in [1.29, 1.82) is 0 Å². The molecule has 1 fully saturated rings. The van der Waals surface area contributed by atoms with Crippen LogP contribution in [0, 0.1) is 12.3 Å². The van der Waals surface area contributed by atoms with Crippen molar-refractivity contribution >= 4 is 11.9 Å². The molecule has 7 heteroatoms. The standard InChI is InChI=1S/C16H23N3O4/c1-2-3-8-16(17-18-16)9-4-14(20)19(10-5-15(21)22)13-6-11-23-12-7-13/h1,13H,3-12H2,(H,21,22). The van der Waals surface area contributed by atoms with Gasteiger partial charge in [0.1, 0.15) is 0 Å². The fourth-order valence-corrected chi connectivity index (χ4v) is 2.84. The lowest BCUT2D eigenvalue weighted by Crippen LogP contribution is -2.44. The third-order valence-corrected chi connectivity index (χ3v) is 4.31. The van der Waals surface area contributed by atoms with Crippen LogP contribution in [0.2, 0.25) is 0 Å². The number of hydrogen-bond donors (Lipinski definition) is 1. The van der Waals surface area contributed by atoms with Gasteiger partial charge in [-0.25, -0.2) is 0 Å². The van der Waals surface area contributed by atoms with Gasteiger partial charge in [0.2, 0.25) is 5.91 Å². The Morgan fingerprint density at radius 1 is 1.26 bits per heavy atom. The Balaban J connectivity index is 1.87. The summed E-state index contributed by atoms with van der Waals surface area (Å²) in [6, 6.07) is 0.0605. The molecule has 2 aliphatic rings. The van der Waals surface area contributed by atoms with Crippen LogP contribution in [-0.2, 0) is 14.3 Å². The first-order valence-corrected chi connectivity index (χ1v) is 8.03. The van der Waals surface area contributed by atoms with Crippen LogP contribution < -0.4 is 0 Å². The summed E-state index contributed by atoms with van der Waals surface area (Å²) in [5.41, 5.74) is -0.476. The molecule has 0 aromatic carbocycles. The molecular weight excluding hydrogens is 298 g/mol. The maximum absolute atomic E-state index is 12.6. The molecule has 0 unspecified atom stereocenters. The van der Waals surface area contributed by atoms with Gasteiger partial charge in [-0.2, -0.15) is 10.2 Å². The fourth-order valence-electron chi connectivity index (χ4n) is 2.84. The van der Waals surface area contributed by atoms with Crippen molar-refractivity contribution in [3.63, 3.8) is 0 Å². The van der Waals surface area contributed by atoms with Crippen LogP contribution in [0.25, 0.3) is 0 Å². The highest BCUT2D eigenvalue weighted by Gasteiger charge is 2.40. The van der Waals surface area contributed by atoms with Gasteiger partial charge >= 0.3 is 5.97 Å². The lowest BCUT2D eigenvalue weighted by atomic mass is 10.0. The van der Waals surface area contributed by atoms with Crippen molar-refractivity contribution in [2.24, 2.45) is 10.2 Å². The molecule has 1 saturated heterocycles. The average molecular weight is 321 g/mol. The molecule has 0 bridgehead atoms. The molecule has 0 aliphatic carbocycles. The van der Waals surface area contributed by atoms with E-state index in [4.69, 9.17) is 16.3 Å². The van der Waals surface area contributed by atoms with Gasteiger partial charge in [0, 0.05) is 51.5 Å². The van der Waals surface area contributed by atoms with Crippen LogP contribution >= 0.6 is 0 Å². The van der Waals surface area contributed by atoms with Crippen molar-refractivity contribution in [2.45, 2.75) is 56.7 Å². The summed E-state index contributed by atoms with van der Waals surface area (Å²) in [7, 11) is 0. The normalized spacial score (nSPS) is 19.1. The van der Waals surface area contributed by atoms with Gasteiger partial charge in [-0.1, -0.05) is 0 Å². The predicted molar refractivity (Wildman–Crippen MR) is 82.7 cm³/mol. The second kappa shape index (κ2) is 8.06. The Labute approximate surface area is 136 Å². The Kier molecular flexibility index (Phi) is 6.11. The summed E-state index contributed by atoms with van der Waals surface area (Å²) in [5, 5.41) is 17.0. The summed E-state index contributed by atoms with van der Waals surface area (Å²) in [4.78, 5) is 25.1. The molecule has 126 valence electrons. The van der Waals surface area contributed by atoms with Crippen LogP contribution in [-0.4, -0.2) is 53.3 Å². The molecule has 7 nitrogen and oxygen atoms in total. The zero-order chi connectivity index (χ0) is 16.7. The summed E-state index contributed by atoms with van der Waals surface area (Å²) in [5.74, 6) is 1.64. The number of carboxylic acids is 1. The smallest absolute Gasteiger partial charge is 0.305 e. The first-order valence-electron chi connectivity index (χ1n) is 8.03. The van der Waals surface area contributed by atoms with Crippen molar-refractivity contribution < 1.29 is 19.4 Å². The molecule has 0 spiro atoms. The summed E-state index contributed by atoms with van der Waals surface area (Å²) >= 11 is 0. The van der Waals surface area contributed by atoms with E-state index >= 15 is 0 Å². The minimum atomic E-state index is -0.896. The van der Waals surface area contributed by atoms with Gasteiger partial charge in [0.15, 0.2) is 5.66 Å². The molecule has 23 heavy (non-hydrogen) atoms. The van der Waals surface area contributed by atoms with Gasteiger partial charge in [-0.05, 0) is 12.8 Å². The number of hydrogen-bond acceptors (Lipinski definition) is 5. The molecule has 0 aromatic rings. The molecule has 2 rings (SSSR count). The van der Waals surface area contributed by atoms with Crippen molar-refractivity contribution in [2.75, 3.05) is 19.8 Å². The Morgan fingerprint density at radius 3 is 2.52 bits per heavy atom. The number of ether oxygens (including phenoxy) is 1. The molecular formula is C16H23N3O4. The van der Waals surface area contributed by atoms with Crippen molar-refractivity contribution in [1.82, 2.24) is 4.90 Å². The Bertz CT molecular complexity index is 500. The van der Waals surface area contributed by atoms with E-state index in [1.165, 1.54) is 0 Å². The number of rotatable bonds is 9. The third-order valence-electron chi connectivity index (χ3n) is 4.31. The number of carbonyl (C=O) groups excluding carboxylic acids is 1. The van der Waals surface area contributed by atoms with Crippen LogP contribution in [0.1, 0.15) is 44.9 Å². The highest BCUT2D eigenvalue weighted by Crippen LogP contribution is 2.37. The second-order valence-corrected chi connectivity index (χ2v) is 5.96. The van der Waals surface area contributed by atoms with Crippen molar-refractivity contribution in [3.05, 3.63) is 0 Å². The molecule has 1 amide bonds. The van der Waals surface area contributed by atoms with Crippen LogP contribution in [0.5, 0.6) is 0 Å². The van der Waals surface area contributed by atoms with Crippen LogP contribution in [0.4, 0.5) is 0 Å². The topological polar surface area (TPSA) is 91.6 Å². The number of aliphatic carboxylic acids is 1. The quantitative estimate of drug-likeness (QED) is 0.656. The monoisotopic (exact) mass is 321 g/mol. The molecule has 1 N–H and O–H groups in total. The number of terminal acetylenes is 1. The highest BCUT2D eigenvalue weighted by atomic mass is 16.5. The van der Waals surface area contributed by atoms with Gasteiger partial charge in [-0.15, -0.1) is 12.3 Å². The minimum Gasteiger partial charge on any atom is -0.481 e. The summed E-state index contributed by atoms with van der Waals surface area (Å²) < 4.78 is 5.32. The number of amides is 1. The summed E-state index contributed by atoms with van der Waals surface area (Å²) in [6.45, 7) is 1.46. The van der Waals surface area contributed by atoms with E-state index in [1.54, 1.807) is 4.90 Å². The zero-order valence-electron chi connectivity index (χ0n) is 13.2. The molecule has 2 heterocycles. The molecule has 0 atom stereocenters. The van der Waals surface area contributed by atoms with E-state index < -0.39 is 11.6 Å². The molecule has 0 radical (unpaired) electrons. The SMILES string of the molecule is C#CCCC1(CCC(=O)N(CCC(=O)O)C2CCOCC2)N=N1. The van der Waals surface area contributed by atoms with E-state index in [-0.39, 0.29) is 24.9 Å². The minimum absolute atomic E-state index is 0.0319. The highest BCUT2D eigenvalue weighted by molar-refractivity contribution is 5.77. The third kappa shape index (κ3) is 5.32. The number of carboxylic acid groups (broad SMARTS) is 1. The van der Waals surface area contributed by atoms with Crippen molar-refractivity contribution in [3.8, 4) is 12.3 Å². The Morgan fingerprint density at radius 2 is 1.96 bits per heavy atom. The maximum Gasteiger partial charge on any atom is 0.305 e. The predicted octanol–water partition coefficient (Wildman–Crippen LogP) is 1.82. The van der Waals surface area contributed by atoms with Gasteiger partial charge in [-0.3, -0.25) is 9.59 Å². The van der Waals surface area contributed by atoms with E-state index in [9.17, 15) is 9.59 Å². The second-order valence-electron chi connectivity index (χ2n) is 5.96. The van der Waals surface area contributed by atoms with E-state index in [0.29, 0.717) is 38.9 Å². The first kappa shape index (κ1) is 17.4. The number of carbonyl (C=O) groups is 2. The molecule has 0 saturated carbocycles. The Hall–Kier alpha value is -1.94. The zero-order valence-corrected chi connectivity index (χ0v) is 13.2. The van der Waals surface area contributed by atoms with Gasteiger partial charge < -0.3 is 14.7 Å². The average Bonchev–Trinajstić information content (AvgIpc) is 3.32. The van der Waals surface area contributed by atoms with Gasteiger partial charge in [0.25, 0.3) is 0 Å². The van der Waals surface area contributed by atoms with E-state index in [0.717, 1.165) is 12.8 Å². The lowest BCUT2D eigenvalue weighted by Gasteiger charge is -2.34. The molecule has 2 aliphatic heterocycles. The lowest BCUT2D eigenvalue weighted by molar-refractivity contribution is -0.140.